The lowest BCUT2D eigenvalue weighted by atomic mass is 10.00. The van der Waals surface area contributed by atoms with Crippen LogP contribution >= 0.6 is 0 Å². The topological polar surface area (TPSA) is 90.7 Å². The number of rotatable bonds is 5. The van der Waals surface area contributed by atoms with Gasteiger partial charge in [0.1, 0.15) is 11.4 Å². The molecule has 0 unspecified atom stereocenters. The van der Waals surface area contributed by atoms with Gasteiger partial charge in [0.2, 0.25) is 10.0 Å². The molecule has 0 fully saturated rings. The van der Waals surface area contributed by atoms with Crippen LogP contribution in [-0.2, 0) is 14.8 Å². The van der Waals surface area contributed by atoms with E-state index in [-0.39, 0.29) is 5.82 Å². The molecule has 5 aromatic rings. The molecule has 0 aliphatic heterocycles. The first-order valence-electron chi connectivity index (χ1n) is 12.3. The van der Waals surface area contributed by atoms with Crippen molar-refractivity contribution in [3.05, 3.63) is 85.1 Å². The summed E-state index contributed by atoms with van der Waals surface area (Å²) < 4.78 is 40.4. The van der Waals surface area contributed by atoms with Gasteiger partial charge in [-0.1, -0.05) is 48.5 Å². The van der Waals surface area contributed by atoms with Gasteiger partial charge in [-0.05, 0) is 56.7 Å². The van der Waals surface area contributed by atoms with E-state index in [1.54, 1.807) is 31.4 Å². The van der Waals surface area contributed by atoms with E-state index in [1.807, 2.05) is 75.4 Å². The molecular formula is C30H29N3O5S. The minimum atomic E-state index is -3.84. The minimum Gasteiger partial charge on any atom is -0.497 e. The fourth-order valence-corrected chi connectivity index (χ4v) is 5.63. The quantitative estimate of drug-likeness (QED) is 0.244. The summed E-state index contributed by atoms with van der Waals surface area (Å²) in [4.78, 5) is 18.1. The summed E-state index contributed by atoms with van der Waals surface area (Å²) in [5, 5.41) is 1.46. The maximum Gasteiger partial charge on any atom is 0.419 e. The highest BCUT2D eigenvalue weighted by molar-refractivity contribution is 7.92. The van der Waals surface area contributed by atoms with Gasteiger partial charge in [-0.3, -0.25) is 0 Å². The van der Waals surface area contributed by atoms with Gasteiger partial charge in [-0.2, -0.15) is 0 Å². The van der Waals surface area contributed by atoms with Gasteiger partial charge in [0, 0.05) is 16.3 Å². The van der Waals surface area contributed by atoms with Gasteiger partial charge in [0.15, 0.2) is 5.82 Å². The Bertz CT molecular complexity index is 1790. The zero-order chi connectivity index (χ0) is 27.9. The van der Waals surface area contributed by atoms with E-state index in [9.17, 15) is 13.2 Å². The normalized spacial score (nSPS) is 12.0. The van der Waals surface area contributed by atoms with Crippen molar-refractivity contribution in [2.45, 2.75) is 26.4 Å². The molecule has 0 saturated heterocycles. The van der Waals surface area contributed by atoms with Crippen molar-refractivity contribution in [3.8, 4) is 16.9 Å². The number of anilines is 2. The molecule has 200 valence electrons. The van der Waals surface area contributed by atoms with Gasteiger partial charge >= 0.3 is 6.09 Å². The van der Waals surface area contributed by atoms with E-state index in [1.165, 1.54) is 15.1 Å². The predicted molar refractivity (Wildman–Crippen MR) is 154 cm³/mol. The average Bonchev–Trinajstić information content (AvgIpc) is 3.22. The summed E-state index contributed by atoms with van der Waals surface area (Å²) in [6, 6.07) is 23.7. The number of aromatic nitrogens is 2. The zero-order valence-electron chi connectivity index (χ0n) is 22.4. The Morgan fingerprint density at radius 1 is 0.897 bits per heavy atom. The number of pyridine rings is 1. The van der Waals surface area contributed by atoms with E-state index < -0.39 is 21.7 Å². The van der Waals surface area contributed by atoms with Gasteiger partial charge in [-0.25, -0.2) is 27.1 Å². The molecular weight excluding hydrogens is 514 g/mol. The third-order valence-electron chi connectivity index (χ3n) is 6.16. The molecule has 5 rings (SSSR count). The van der Waals surface area contributed by atoms with Gasteiger partial charge in [0.25, 0.3) is 0 Å². The minimum absolute atomic E-state index is 0.216. The molecule has 0 saturated carbocycles. The number of para-hydroxylation sites is 1. The van der Waals surface area contributed by atoms with Crippen LogP contribution in [0.5, 0.6) is 5.75 Å². The van der Waals surface area contributed by atoms with Crippen LogP contribution in [0.1, 0.15) is 20.8 Å². The molecule has 0 bridgehead atoms. The molecule has 3 aromatic carbocycles. The van der Waals surface area contributed by atoms with Crippen molar-refractivity contribution in [2.24, 2.45) is 0 Å². The SMILES string of the molecule is COc1ccc(N(c2ncc3c(c2-c2ccccc2)c2ccccc2n3C(=O)OC(C)(C)C)S(C)(=O)=O)cc1. The number of nitrogens with zero attached hydrogens (tertiary/aromatic N) is 3. The molecule has 0 atom stereocenters. The second-order valence-electron chi connectivity index (χ2n) is 10.1. The fraction of sp³-hybridized carbons (Fsp3) is 0.200. The van der Waals surface area contributed by atoms with Crippen LogP contribution in [0.2, 0.25) is 0 Å². The van der Waals surface area contributed by atoms with Crippen molar-refractivity contribution in [2.75, 3.05) is 17.7 Å². The van der Waals surface area contributed by atoms with Gasteiger partial charge in [0.05, 0.1) is 36.3 Å². The number of benzene rings is 3. The Balaban J connectivity index is 1.90. The fourth-order valence-electron chi connectivity index (χ4n) is 4.67. The number of carbonyl (C=O) groups is 1. The Morgan fingerprint density at radius 2 is 1.54 bits per heavy atom. The van der Waals surface area contributed by atoms with Crippen LogP contribution in [0.15, 0.2) is 85.1 Å². The van der Waals surface area contributed by atoms with Crippen LogP contribution in [0.3, 0.4) is 0 Å². The molecule has 0 aliphatic rings. The lowest BCUT2D eigenvalue weighted by molar-refractivity contribution is 0.0551. The summed E-state index contributed by atoms with van der Waals surface area (Å²) in [7, 11) is -2.30. The molecule has 2 heterocycles. The highest BCUT2D eigenvalue weighted by atomic mass is 32.2. The van der Waals surface area contributed by atoms with E-state index in [4.69, 9.17) is 14.5 Å². The number of ether oxygens (including phenoxy) is 2. The van der Waals surface area contributed by atoms with Gasteiger partial charge in [-0.15, -0.1) is 0 Å². The highest BCUT2D eigenvalue weighted by Gasteiger charge is 2.30. The molecule has 2 aromatic heterocycles. The summed E-state index contributed by atoms with van der Waals surface area (Å²) in [5.74, 6) is 0.813. The number of hydrogen-bond acceptors (Lipinski definition) is 6. The molecule has 8 nitrogen and oxygen atoms in total. The molecule has 9 heteroatoms. The second-order valence-corrected chi connectivity index (χ2v) is 12.0. The molecule has 0 aliphatic carbocycles. The largest absolute Gasteiger partial charge is 0.497 e. The lowest BCUT2D eigenvalue weighted by Crippen LogP contribution is -2.27. The summed E-state index contributed by atoms with van der Waals surface area (Å²) >= 11 is 0. The van der Waals surface area contributed by atoms with Crippen molar-refractivity contribution < 1.29 is 22.7 Å². The molecule has 0 N–H and O–H groups in total. The lowest BCUT2D eigenvalue weighted by Gasteiger charge is -2.25. The Hall–Kier alpha value is -4.37. The predicted octanol–water partition coefficient (Wildman–Crippen LogP) is 6.75. The van der Waals surface area contributed by atoms with E-state index in [2.05, 4.69) is 0 Å². The van der Waals surface area contributed by atoms with E-state index in [0.717, 1.165) is 17.2 Å². The summed E-state index contributed by atoms with van der Waals surface area (Å²) in [6.07, 6.45) is 2.13. The summed E-state index contributed by atoms with van der Waals surface area (Å²) in [5.41, 5.74) is 2.15. The molecule has 0 spiro atoms. The Labute approximate surface area is 227 Å². The van der Waals surface area contributed by atoms with Crippen LogP contribution in [0, 0.1) is 0 Å². The van der Waals surface area contributed by atoms with Crippen LogP contribution in [0.25, 0.3) is 32.9 Å². The van der Waals surface area contributed by atoms with Crippen molar-refractivity contribution >= 4 is 49.4 Å². The standard InChI is InChI=1S/C30H29N3O5S/c1-30(2,3)38-29(34)32-24-14-10-9-13-23(24)27-25(32)19-31-28(26(27)20-11-7-6-8-12-20)33(39(5,35)36)21-15-17-22(37-4)18-16-21/h6-19H,1-5H3. The second kappa shape index (κ2) is 9.74. The first-order chi connectivity index (χ1) is 18.5. The zero-order valence-corrected chi connectivity index (χ0v) is 23.2. The maximum absolute atomic E-state index is 13.5. The smallest absolute Gasteiger partial charge is 0.419 e. The third-order valence-corrected chi connectivity index (χ3v) is 7.21. The van der Waals surface area contributed by atoms with Crippen LogP contribution in [0.4, 0.5) is 16.3 Å². The number of carbonyl (C=O) groups excluding carboxylic acids is 1. The molecule has 0 amide bonds. The average molecular weight is 544 g/mol. The third kappa shape index (κ3) is 4.93. The summed E-state index contributed by atoms with van der Waals surface area (Å²) in [6.45, 7) is 5.43. The number of fused-ring (bicyclic) bond motifs is 3. The molecule has 0 radical (unpaired) electrons. The first-order valence-corrected chi connectivity index (χ1v) is 14.2. The van der Waals surface area contributed by atoms with E-state index in [0.29, 0.717) is 33.4 Å². The number of hydrogen-bond donors (Lipinski definition) is 0. The van der Waals surface area contributed by atoms with Gasteiger partial charge < -0.3 is 9.47 Å². The van der Waals surface area contributed by atoms with Crippen molar-refractivity contribution in [1.82, 2.24) is 9.55 Å². The van der Waals surface area contributed by atoms with Crippen LogP contribution < -0.4 is 9.04 Å². The Morgan fingerprint density at radius 3 is 2.15 bits per heavy atom. The molecule has 39 heavy (non-hydrogen) atoms. The van der Waals surface area contributed by atoms with Crippen molar-refractivity contribution in [3.63, 3.8) is 0 Å². The maximum atomic E-state index is 13.5. The van der Waals surface area contributed by atoms with Crippen LogP contribution in [-0.4, -0.2) is 43.0 Å². The number of methoxy groups -OCH3 is 1. The first kappa shape index (κ1) is 26.2. The highest BCUT2D eigenvalue weighted by Crippen LogP contribution is 2.44. The van der Waals surface area contributed by atoms with E-state index >= 15 is 0 Å². The number of sulfonamides is 1. The van der Waals surface area contributed by atoms with Crippen molar-refractivity contribution in [1.29, 1.82) is 0 Å². The monoisotopic (exact) mass is 543 g/mol. The Kier molecular flexibility index (Phi) is 6.56.